The number of aliphatic hydroxyl groups excluding tert-OH is 1. The number of nitrogens with zero attached hydrogens (tertiary/aromatic N) is 2. The lowest BCUT2D eigenvalue weighted by atomic mass is 9.94. The zero-order chi connectivity index (χ0) is 21.7. The summed E-state index contributed by atoms with van der Waals surface area (Å²) in [6.07, 6.45) is 0.766. The van der Waals surface area contributed by atoms with Crippen molar-refractivity contribution in [3.8, 4) is 0 Å². The Morgan fingerprint density at radius 3 is 2.23 bits per heavy atom. The van der Waals surface area contributed by atoms with Gasteiger partial charge in [-0.05, 0) is 38.5 Å². The van der Waals surface area contributed by atoms with Crippen molar-refractivity contribution in [2.24, 2.45) is 0 Å². The van der Waals surface area contributed by atoms with Gasteiger partial charge in [-0.3, -0.25) is 9.59 Å². The molecule has 0 saturated carbocycles. The van der Waals surface area contributed by atoms with Gasteiger partial charge in [-0.2, -0.15) is 0 Å². The first-order valence-electron chi connectivity index (χ1n) is 10.6. The zero-order valence-corrected chi connectivity index (χ0v) is 18.0. The predicted molar refractivity (Wildman–Crippen MR) is 119 cm³/mol. The van der Waals surface area contributed by atoms with E-state index in [-0.39, 0.29) is 11.3 Å². The Hall–Kier alpha value is -2.92. The molecular weight excluding hydrogens is 376 g/mol. The molecule has 158 valence electrons. The van der Waals surface area contributed by atoms with Crippen LogP contribution in [0.1, 0.15) is 43.0 Å². The van der Waals surface area contributed by atoms with Crippen LogP contribution in [0.3, 0.4) is 0 Å². The summed E-state index contributed by atoms with van der Waals surface area (Å²) in [6, 6.07) is 16.2. The molecule has 3 rings (SSSR count). The normalized spacial score (nSPS) is 18.4. The van der Waals surface area contributed by atoms with E-state index in [9.17, 15) is 14.7 Å². The van der Waals surface area contributed by atoms with Crippen molar-refractivity contribution in [3.05, 3.63) is 76.9 Å². The predicted octanol–water partition coefficient (Wildman–Crippen LogP) is 4.15. The van der Waals surface area contributed by atoms with Gasteiger partial charge in [-0.15, -0.1) is 0 Å². The lowest BCUT2D eigenvalue weighted by molar-refractivity contribution is -0.140. The van der Waals surface area contributed by atoms with Crippen molar-refractivity contribution in [1.29, 1.82) is 0 Å². The minimum Gasteiger partial charge on any atom is -0.507 e. The fourth-order valence-electron chi connectivity index (χ4n) is 3.96. The monoisotopic (exact) mass is 406 g/mol. The molecule has 2 aromatic carbocycles. The Bertz CT molecular complexity index is 915. The first kappa shape index (κ1) is 21.8. The van der Waals surface area contributed by atoms with Crippen LogP contribution in [-0.2, 0) is 9.59 Å². The molecular formula is C25H30N2O3. The summed E-state index contributed by atoms with van der Waals surface area (Å²) in [6.45, 7) is 9.44. The molecule has 5 heteroatoms. The molecule has 1 saturated heterocycles. The first-order valence-corrected chi connectivity index (χ1v) is 10.6. The van der Waals surface area contributed by atoms with Crippen LogP contribution in [0.15, 0.2) is 60.2 Å². The molecule has 1 atom stereocenters. The standard InChI is InChI=1S/C25H30N2O3/c1-4-26(5-2)16-9-17-27-22(19-14-12-18(3)13-15-19)21(24(29)25(27)30)23(28)20-10-7-6-8-11-20/h6-8,10-15,22,28H,4-5,9,16-17H2,1-3H3. The minimum absolute atomic E-state index is 0.120. The highest BCUT2D eigenvalue weighted by Gasteiger charge is 2.45. The van der Waals surface area contributed by atoms with Gasteiger partial charge in [0.2, 0.25) is 0 Å². The number of hydrogen-bond acceptors (Lipinski definition) is 4. The van der Waals surface area contributed by atoms with E-state index in [4.69, 9.17) is 0 Å². The zero-order valence-electron chi connectivity index (χ0n) is 18.0. The van der Waals surface area contributed by atoms with Crippen LogP contribution in [0.5, 0.6) is 0 Å². The van der Waals surface area contributed by atoms with E-state index in [0.29, 0.717) is 12.1 Å². The van der Waals surface area contributed by atoms with E-state index >= 15 is 0 Å². The lowest BCUT2D eigenvalue weighted by Gasteiger charge is -2.27. The Labute approximate surface area is 178 Å². The molecule has 1 unspecified atom stereocenters. The van der Waals surface area contributed by atoms with Crippen LogP contribution in [0, 0.1) is 6.92 Å². The van der Waals surface area contributed by atoms with Gasteiger partial charge in [-0.1, -0.05) is 74.0 Å². The van der Waals surface area contributed by atoms with E-state index in [0.717, 1.165) is 37.2 Å². The van der Waals surface area contributed by atoms with Crippen molar-refractivity contribution < 1.29 is 14.7 Å². The number of amides is 1. The maximum absolute atomic E-state index is 13.0. The van der Waals surface area contributed by atoms with E-state index in [2.05, 4.69) is 18.7 Å². The van der Waals surface area contributed by atoms with E-state index in [1.165, 1.54) is 0 Å². The molecule has 2 aromatic rings. The quantitative estimate of drug-likeness (QED) is 0.406. The van der Waals surface area contributed by atoms with Gasteiger partial charge in [0, 0.05) is 12.1 Å². The van der Waals surface area contributed by atoms with Gasteiger partial charge in [0.1, 0.15) is 5.76 Å². The largest absolute Gasteiger partial charge is 0.507 e. The van der Waals surface area contributed by atoms with Crippen molar-refractivity contribution in [1.82, 2.24) is 9.80 Å². The number of benzene rings is 2. The average molecular weight is 407 g/mol. The second kappa shape index (κ2) is 9.72. The van der Waals surface area contributed by atoms with Gasteiger partial charge < -0.3 is 14.9 Å². The molecule has 0 bridgehead atoms. The van der Waals surface area contributed by atoms with Crippen LogP contribution in [-0.4, -0.2) is 52.8 Å². The van der Waals surface area contributed by atoms with Crippen molar-refractivity contribution in [2.75, 3.05) is 26.2 Å². The highest BCUT2D eigenvalue weighted by atomic mass is 16.3. The fraction of sp³-hybridized carbons (Fsp3) is 0.360. The molecule has 0 spiro atoms. The number of carbonyl (C=O) groups is 2. The summed E-state index contributed by atoms with van der Waals surface area (Å²) in [4.78, 5) is 29.8. The highest BCUT2D eigenvalue weighted by Crippen LogP contribution is 2.39. The second-order valence-corrected chi connectivity index (χ2v) is 7.65. The number of ketones is 1. The topological polar surface area (TPSA) is 60.9 Å². The highest BCUT2D eigenvalue weighted by molar-refractivity contribution is 6.46. The number of likely N-dealkylation sites (tertiary alicyclic amines) is 1. The maximum atomic E-state index is 13.0. The molecule has 5 nitrogen and oxygen atoms in total. The molecule has 1 N–H and O–H groups in total. The van der Waals surface area contributed by atoms with E-state index in [1.54, 1.807) is 29.2 Å². The summed E-state index contributed by atoms with van der Waals surface area (Å²) in [5, 5.41) is 11.0. The fourth-order valence-corrected chi connectivity index (χ4v) is 3.96. The van der Waals surface area contributed by atoms with E-state index in [1.807, 2.05) is 37.3 Å². The second-order valence-electron chi connectivity index (χ2n) is 7.65. The minimum atomic E-state index is -0.621. The molecule has 1 fully saturated rings. The summed E-state index contributed by atoms with van der Waals surface area (Å²) in [5.74, 6) is -1.28. The molecule has 0 aliphatic carbocycles. The van der Waals surface area contributed by atoms with Crippen LogP contribution in [0.2, 0.25) is 0 Å². The third kappa shape index (κ3) is 4.46. The third-order valence-electron chi connectivity index (χ3n) is 5.75. The number of hydrogen-bond donors (Lipinski definition) is 1. The Kier molecular flexibility index (Phi) is 7.06. The molecule has 1 aliphatic rings. The number of carbonyl (C=O) groups excluding carboxylic acids is 2. The summed E-state index contributed by atoms with van der Waals surface area (Å²) >= 11 is 0. The average Bonchev–Trinajstić information content (AvgIpc) is 3.02. The van der Waals surface area contributed by atoms with E-state index < -0.39 is 17.7 Å². The van der Waals surface area contributed by atoms with Crippen LogP contribution < -0.4 is 0 Å². The molecule has 0 aromatic heterocycles. The Morgan fingerprint density at radius 1 is 1.00 bits per heavy atom. The van der Waals surface area contributed by atoms with Crippen LogP contribution >= 0.6 is 0 Å². The van der Waals surface area contributed by atoms with Gasteiger partial charge in [0.15, 0.2) is 0 Å². The maximum Gasteiger partial charge on any atom is 0.295 e. The lowest BCUT2D eigenvalue weighted by Crippen LogP contribution is -2.33. The third-order valence-corrected chi connectivity index (χ3v) is 5.75. The summed E-state index contributed by atoms with van der Waals surface area (Å²) in [7, 11) is 0. The number of aliphatic hydroxyl groups is 1. The molecule has 1 amide bonds. The number of aryl methyl sites for hydroxylation is 1. The smallest absolute Gasteiger partial charge is 0.295 e. The molecule has 1 aliphatic heterocycles. The van der Waals surface area contributed by atoms with Crippen molar-refractivity contribution >= 4 is 17.4 Å². The molecule has 1 heterocycles. The Balaban J connectivity index is 2.00. The summed E-state index contributed by atoms with van der Waals surface area (Å²) in [5.41, 5.74) is 2.63. The summed E-state index contributed by atoms with van der Waals surface area (Å²) < 4.78 is 0. The Morgan fingerprint density at radius 2 is 1.63 bits per heavy atom. The van der Waals surface area contributed by atoms with Gasteiger partial charge >= 0.3 is 0 Å². The number of rotatable bonds is 8. The van der Waals surface area contributed by atoms with Crippen LogP contribution in [0.4, 0.5) is 0 Å². The van der Waals surface area contributed by atoms with Gasteiger partial charge in [0.05, 0.1) is 11.6 Å². The van der Waals surface area contributed by atoms with Crippen molar-refractivity contribution in [2.45, 2.75) is 33.2 Å². The SMILES string of the molecule is CCN(CC)CCCN1C(=O)C(=O)C(=C(O)c2ccccc2)C1c1ccc(C)cc1. The molecule has 30 heavy (non-hydrogen) atoms. The number of Topliss-reactive ketones (excluding diaryl/α,β-unsaturated/α-hetero) is 1. The van der Waals surface area contributed by atoms with Gasteiger partial charge in [-0.25, -0.2) is 0 Å². The van der Waals surface area contributed by atoms with Crippen molar-refractivity contribution in [3.63, 3.8) is 0 Å². The molecule has 0 radical (unpaired) electrons. The van der Waals surface area contributed by atoms with Gasteiger partial charge in [0.25, 0.3) is 11.7 Å². The first-order chi connectivity index (χ1) is 14.5. The van der Waals surface area contributed by atoms with Crippen LogP contribution in [0.25, 0.3) is 5.76 Å².